The standard InChI is InChI=1S/C22H18ClN5O3/c1-28-5-4-14-15(8-24)21(27-19(29)7-23)22(10-25,11-26)20(16(14)9-28)13-2-3-17-18(6-13)31-12-30-17/h2-4,6,16,20H,5,7,9,12H2,1H3,(H,27,29)/t16-,20+/m1/s1. The maximum Gasteiger partial charge on any atom is 0.239 e. The van der Waals surface area contributed by atoms with Crippen LogP contribution >= 0.6 is 11.6 Å². The summed E-state index contributed by atoms with van der Waals surface area (Å²) in [7, 11) is 1.94. The first-order chi connectivity index (χ1) is 15.0. The molecule has 1 aliphatic carbocycles. The van der Waals surface area contributed by atoms with Gasteiger partial charge in [0.15, 0.2) is 16.9 Å². The zero-order chi connectivity index (χ0) is 22.2. The largest absolute Gasteiger partial charge is 0.454 e. The molecule has 0 bridgehead atoms. The minimum absolute atomic E-state index is 0.0135. The summed E-state index contributed by atoms with van der Waals surface area (Å²) in [4.78, 5) is 14.3. The Kier molecular flexibility index (Phi) is 5.33. The van der Waals surface area contributed by atoms with Crippen LogP contribution in [0, 0.1) is 45.3 Å². The second-order valence-electron chi connectivity index (χ2n) is 7.65. The van der Waals surface area contributed by atoms with Crippen molar-refractivity contribution >= 4 is 17.5 Å². The molecule has 0 aromatic heterocycles. The second-order valence-corrected chi connectivity index (χ2v) is 7.92. The number of ether oxygens (including phenoxy) is 2. The van der Waals surface area contributed by atoms with E-state index < -0.39 is 17.2 Å². The summed E-state index contributed by atoms with van der Waals surface area (Å²) in [5.74, 6) is -0.818. The first-order valence-electron chi connectivity index (χ1n) is 9.60. The molecule has 0 saturated carbocycles. The Balaban J connectivity index is 1.99. The van der Waals surface area contributed by atoms with Crippen LogP contribution in [0.3, 0.4) is 0 Å². The smallest absolute Gasteiger partial charge is 0.239 e. The van der Waals surface area contributed by atoms with Gasteiger partial charge in [-0.25, -0.2) is 0 Å². The average Bonchev–Trinajstić information content (AvgIpc) is 3.26. The van der Waals surface area contributed by atoms with Gasteiger partial charge >= 0.3 is 0 Å². The first kappa shape index (κ1) is 20.8. The number of hydrogen-bond donors (Lipinski definition) is 1. The number of benzene rings is 1. The molecule has 1 aromatic carbocycles. The van der Waals surface area contributed by atoms with Crippen LogP contribution in [-0.2, 0) is 4.79 Å². The lowest BCUT2D eigenvalue weighted by molar-refractivity contribution is -0.118. The second kappa shape index (κ2) is 7.96. The van der Waals surface area contributed by atoms with Gasteiger partial charge in [-0.05, 0) is 30.3 Å². The van der Waals surface area contributed by atoms with Crippen LogP contribution < -0.4 is 14.8 Å². The molecule has 2 heterocycles. The Bertz CT molecular complexity index is 1120. The predicted octanol–water partition coefficient (Wildman–Crippen LogP) is 2.17. The topological polar surface area (TPSA) is 122 Å². The number of nitrogens with one attached hydrogen (secondary N) is 1. The van der Waals surface area contributed by atoms with E-state index in [0.717, 1.165) is 0 Å². The van der Waals surface area contributed by atoms with E-state index in [2.05, 4.69) is 28.4 Å². The number of hydrogen-bond acceptors (Lipinski definition) is 7. The van der Waals surface area contributed by atoms with Crippen LogP contribution in [0.1, 0.15) is 11.5 Å². The van der Waals surface area contributed by atoms with Gasteiger partial charge in [0.25, 0.3) is 0 Å². The van der Waals surface area contributed by atoms with E-state index in [9.17, 15) is 20.6 Å². The van der Waals surface area contributed by atoms with E-state index >= 15 is 0 Å². The number of halogens is 1. The highest BCUT2D eigenvalue weighted by Gasteiger charge is 2.55. The first-order valence-corrected chi connectivity index (χ1v) is 10.1. The van der Waals surface area contributed by atoms with Gasteiger partial charge in [0.05, 0.1) is 23.4 Å². The van der Waals surface area contributed by atoms with Crippen molar-refractivity contribution in [3.05, 3.63) is 46.7 Å². The number of rotatable bonds is 3. The molecule has 8 nitrogen and oxygen atoms in total. The maximum atomic E-state index is 12.2. The number of amides is 1. The van der Waals surface area contributed by atoms with Gasteiger partial charge in [0, 0.05) is 24.9 Å². The van der Waals surface area contributed by atoms with Gasteiger partial charge in [-0.2, -0.15) is 15.8 Å². The van der Waals surface area contributed by atoms with Gasteiger partial charge in [0.1, 0.15) is 11.9 Å². The van der Waals surface area contributed by atoms with Crippen molar-refractivity contribution in [1.82, 2.24) is 10.2 Å². The molecular weight excluding hydrogens is 418 g/mol. The minimum Gasteiger partial charge on any atom is -0.454 e. The summed E-state index contributed by atoms with van der Waals surface area (Å²) in [6, 6.07) is 11.7. The highest BCUT2D eigenvalue weighted by atomic mass is 35.5. The lowest BCUT2D eigenvalue weighted by atomic mass is 9.58. The van der Waals surface area contributed by atoms with Crippen molar-refractivity contribution < 1.29 is 14.3 Å². The summed E-state index contributed by atoms with van der Waals surface area (Å²) in [5, 5.41) is 33.2. The van der Waals surface area contributed by atoms with Gasteiger partial charge in [-0.1, -0.05) is 12.1 Å². The van der Waals surface area contributed by atoms with E-state index in [0.29, 0.717) is 35.7 Å². The van der Waals surface area contributed by atoms with Crippen LogP contribution in [0.15, 0.2) is 41.1 Å². The number of likely N-dealkylation sites (N-methyl/N-ethyl adjacent to an activating group) is 1. The number of allylic oxidation sites excluding steroid dienone is 2. The van der Waals surface area contributed by atoms with E-state index in [4.69, 9.17) is 21.1 Å². The molecule has 0 radical (unpaired) electrons. The molecule has 9 heteroatoms. The Morgan fingerprint density at radius 3 is 2.71 bits per heavy atom. The van der Waals surface area contributed by atoms with Crippen molar-refractivity contribution in [2.24, 2.45) is 11.3 Å². The molecule has 1 amide bonds. The third kappa shape index (κ3) is 3.20. The van der Waals surface area contributed by atoms with Gasteiger partial charge < -0.3 is 19.7 Å². The predicted molar refractivity (Wildman–Crippen MR) is 110 cm³/mol. The monoisotopic (exact) mass is 435 g/mol. The minimum atomic E-state index is -1.80. The molecule has 0 unspecified atom stereocenters. The van der Waals surface area contributed by atoms with Crippen LogP contribution in [0.4, 0.5) is 0 Å². The van der Waals surface area contributed by atoms with Gasteiger partial charge in [-0.3, -0.25) is 4.79 Å². The zero-order valence-electron chi connectivity index (χ0n) is 16.7. The van der Waals surface area contributed by atoms with Gasteiger partial charge in [0.2, 0.25) is 12.7 Å². The number of alkyl halides is 1. The van der Waals surface area contributed by atoms with Crippen LogP contribution in [0.5, 0.6) is 11.5 Å². The highest BCUT2D eigenvalue weighted by Crippen LogP contribution is 2.55. The Hall–Kier alpha value is -3.51. The molecule has 2 aliphatic heterocycles. The van der Waals surface area contributed by atoms with E-state index in [-0.39, 0.29) is 29.9 Å². The summed E-state index contributed by atoms with van der Waals surface area (Å²) in [5.41, 5.74) is -0.264. The number of fused-ring (bicyclic) bond motifs is 2. The summed E-state index contributed by atoms with van der Waals surface area (Å²) in [6.07, 6.45) is 1.91. The number of carbonyl (C=O) groups excluding carboxylic acids is 1. The molecule has 156 valence electrons. The molecule has 0 spiro atoms. The lowest BCUT2D eigenvalue weighted by Gasteiger charge is -2.45. The molecule has 0 fully saturated rings. The summed E-state index contributed by atoms with van der Waals surface area (Å²) >= 11 is 5.68. The Morgan fingerprint density at radius 1 is 1.29 bits per heavy atom. The molecular formula is C22H18ClN5O3. The normalized spacial score (nSPS) is 23.6. The number of carbonyl (C=O) groups is 1. The molecule has 4 rings (SSSR count). The fourth-order valence-electron chi connectivity index (χ4n) is 4.60. The van der Waals surface area contributed by atoms with Crippen molar-refractivity contribution in [1.29, 1.82) is 15.8 Å². The third-order valence-electron chi connectivity index (χ3n) is 5.94. The molecule has 0 saturated heterocycles. The van der Waals surface area contributed by atoms with Crippen molar-refractivity contribution in [3.8, 4) is 29.7 Å². The van der Waals surface area contributed by atoms with Crippen molar-refractivity contribution in [2.45, 2.75) is 5.92 Å². The number of nitrogens with zero attached hydrogens (tertiary/aromatic N) is 4. The van der Waals surface area contributed by atoms with Gasteiger partial charge in [-0.15, -0.1) is 11.6 Å². The molecule has 1 N–H and O–H groups in total. The average molecular weight is 436 g/mol. The van der Waals surface area contributed by atoms with Crippen LogP contribution in [0.2, 0.25) is 0 Å². The summed E-state index contributed by atoms with van der Waals surface area (Å²) in [6.45, 7) is 1.24. The van der Waals surface area contributed by atoms with Crippen LogP contribution in [-0.4, -0.2) is 43.6 Å². The van der Waals surface area contributed by atoms with Crippen molar-refractivity contribution in [3.63, 3.8) is 0 Å². The molecule has 3 aliphatic rings. The lowest BCUT2D eigenvalue weighted by Crippen LogP contribution is -2.49. The zero-order valence-corrected chi connectivity index (χ0v) is 17.4. The SMILES string of the molecule is CN1CC=C2C(C#N)=C(NC(=O)CCl)C(C#N)(C#N)[C@@H](c3ccc4c(c3)OCO4)[C@@H]2C1. The van der Waals surface area contributed by atoms with E-state index in [1.165, 1.54) is 0 Å². The maximum absolute atomic E-state index is 12.2. The Labute approximate surface area is 184 Å². The fraction of sp³-hybridized carbons (Fsp3) is 0.364. The quantitative estimate of drug-likeness (QED) is 0.721. The molecule has 2 atom stereocenters. The molecule has 1 aromatic rings. The summed E-state index contributed by atoms with van der Waals surface area (Å²) < 4.78 is 10.9. The molecule has 31 heavy (non-hydrogen) atoms. The van der Waals surface area contributed by atoms with Crippen molar-refractivity contribution in [2.75, 3.05) is 32.8 Å². The fourth-order valence-corrected chi connectivity index (χ4v) is 4.67. The van der Waals surface area contributed by atoms with E-state index in [1.807, 2.05) is 13.1 Å². The highest BCUT2D eigenvalue weighted by molar-refractivity contribution is 6.27. The van der Waals surface area contributed by atoms with Crippen LogP contribution in [0.25, 0.3) is 0 Å². The third-order valence-corrected chi connectivity index (χ3v) is 6.18. The van der Waals surface area contributed by atoms with E-state index in [1.54, 1.807) is 18.2 Å². The Morgan fingerprint density at radius 2 is 2.03 bits per heavy atom. The number of nitriles is 3.